The Kier molecular flexibility index (Phi) is 17.7. The van der Waals surface area contributed by atoms with Gasteiger partial charge < -0.3 is 0 Å². The Balaban J connectivity index is 0.000000169. The molecule has 0 atom stereocenters. The number of hydrogen-bond acceptors (Lipinski definition) is 0. The Bertz CT molecular complexity index is 3800. The van der Waals surface area contributed by atoms with E-state index in [0.29, 0.717) is 11.1 Å². The van der Waals surface area contributed by atoms with Gasteiger partial charge in [-0.25, -0.2) is 22.8 Å². The molecule has 0 amide bonds. The van der Waals surface area contributed by atoms with Crippen LogP contribution in [0.1, 0.15) is 80.5 Å². The molecule has 10 aromatic rings. The van der Waals surface area contributed by atoms with E-state index in [0.717, 1.165) is 33.6 Å². The van der Waals surface area contributed by atoms with E-state index in [2.05, 4.69) is 243 Å². The first-order valence-electron chi connectivity index (χ1n) is 29.8. The third-order valence-corrected chi connectivity index (χ3v) is 14.8. The average molecular weight is 1040 g/mol. The molecule has 0 unspecified atom stereocenters. The maximum Gasteiger partial charge on any atom is 0.215 e. The fraction of sp³-hybridized carbons (Fsp3) is 0.247. The zero-order valence-electron chi connectivity index (χ0n) is 55.2. The molecule has 5 nitrogen and oxygen atoms in total. The molecule has 0 N–H and O–H groups in total. The van der Waals surface area contributed by atoms with Crippen molar-refractivity contribution in [3.8, 4) is 56.3 Å². The summed E-state index contributed by atoms with van der Waals surface area (Å²) in [4.78, 5) is 0. The third kappa shape index (κ3) is 14.9. The summed E-state index contributed by atoms with van der Waals surface area (Å²) >= 11 is 0. The molecule has 10 rings (SSSR count). The van der Waals surface area contributed by atoms with Gasteiger partial charge in [-0.15, -0.1) is 0 Å². The Labute approximate surface area is 477 Å². The summed E-state index contributed by atoms with van der Waals surface area (Å²) in [6.45, 7) is 18.9. The summed E-state index contributed by atoms with van der Waals surface area (Å²) in [7, 11) is 10.0. The van der Waals surface area contributed by atoms with Gasteiger partial charge in [-0.1, -0.05) is 78.9 Å². The molecule has 0 aliphatic heterocycles. The summed E-state index contributed by atoms with van der Waals surface area (Å²) < 4.78 is 55.5. The molecule has 0 bridgehead atoms. The molecule has 398 valence electrons. The normalized spacial score (nSPS) is 11.9. The lowest BCUT2D eigenvalue weighted by Gasteiger charge is -2.07. The van der Waals surface area contributed by atoms with Crippen molar-refractivity contribution in [3.05, 3.63) is 267 Å². The number of hydrogen-bond donors (Lipinski definition) is 0. The van der Waals surface area contributed by atoms with Crippen LogP contribution in [0, 0.1) is 89.9 Å². The van der Waals surface area contributed by atoms with Gasteiger partial charge in [0.1, 0.15) is 35.2 Å². The SMILES string of the molecule is Cc1cc(-c2ccccc2C)[n+](C)cc1C.Cc1cccc(-c2cccc[n+]2C)c1C.Cc1cccc(-c2cccc[n+]2C)c1C.[2H]C([2H])([2H])c1c[n+](C)c(-c2ccccc2C)cc1C.[2H]C([2H])([2H])c1cc(C)c(-c2ccccc2C)[n+](C)c1. The first-order valence-corrected chi connectivity index (χ1v) is 26.8. The summed E-state index contributed by atoms with van der Waals surface area (Å²) in [5, 5.41) is 0. The average Bonchev–Trinajstić information content (AvgIpc) is 2.51. The molecule has 5 heteroatoms. The van der Waals surface area contributed by atoms with E-state index >= 15 is 0 Å². The van der Waals surface area contributed by atoms with Gasteiger partial charge in [0.15, 0.2) is 31.0 Å². The van der Waals surface area contributed by atoms with Gasteiger partial charge in [0, 0.05) is 94.7 Å². The van der Waals surface area contributed by atoms with Crippen LogP contribution in [0.25, 0.3) is 56.3 Å². The van der Waals surface area contributed by atoms with E-state index in [1.54, 1.807) is 18.5 Å². The topological polar surface area (TPSA) is 19.4 Å². The van der Waals surface area contributed by atoms with Gasteiger partial charge in [0.2, 0.25) is 28.5 Å². The Morgan fingerprint density at radius 2 is 0.654 bits per heavy atom. The maximum atomic E-state index is 7.55. The summed E-state index contributed by atoms with van der Waals surface area (Å²) in [6.07, 6.45) is 9.76. The number of pyridine rings is 5. The van der Waals surface area contributed by atoms with Gasteiger partial charge >= 0.3 is 0 Å². The Morgan fingerprint density at radius 1 is 0.269 bits per heavy atom. The molecule has 5 aromatic carbocycles. The fourth-order valence-electron chi connectivity index (χ4n) is 9.68. The smallest absolute Gasteiger partial charge is 0.201 e. The van der Waals surface area contributed by atoms with Crippen molar-refractivity contribution in [2.75, 3.05) is 0 Å². The van der Waals surface area contributed by atoms with E-state index in [1.165, 1.54) is 83.8 Å². The quantitative estimate of drug-likeness (QED) is 0.153. The van der Waals surface area contributed by atoms with Crippen LogP contribution in [0.2, 0.25) is 0 Å². The van der Waals surface area contributed by atoms with E-state index in [4.69, 9.17) is 8.22 Å². The maximum absolute atomic E-state index is 7.55. The van der Waals surface area contributed by atoms with Crippen molar-refractivity contribution in [3.63, 3.8) is 0 Å². The predicted molar refractivity (Wildman–Crippen MR) is 327 cm³/mol. The number of aromatic nitrogens is 5. The summed E-state index contributed by atoms with van der Waals surface area (Å²) in [6, 6.07) is 56.2. The highest BCUT2D eigenvalue weighted by Gasteiger charge is 2.18. The number of nitrogens with zero attached hydrogens (tertiary/aromatic N) is 5. The molecular formula is C73H86N5+5. The van der Waals surface area contributed by atoms with Crippen molar-refractivity contribution >= 4 is 0 Å². The lowest BCUT2D eigenvalue weighted by atomic mass is 10.0. The van der Waals surface area contributed by atoms with Gasteiger partial charge in [-0.3, -0.25) is 0 Å². The van der Waals surface area contributed by atoms with Crippen molar-refractivity contribution < 1.29 is 31.1 Å². The van der Waals surface area contributed by atoms with Crippen LogP contribution < -0.4 is 22.8 Å². The molecule has 0 aliphatic rings. The lowest BCUT2D eigenvalue weighted by Crippen LogP contribution is -2.32. The van der Waals surface area contributed by atoms with E-state index in [9.17, 15) is 0 Å². The molecule has 0 saturated heterocycles. The molecule has 5 heterocycles. The zero-order valence-corrected chi connectivity index (χ0v) is 49.2. The molecule has 0 radical (unpaired) electrons. The highest BCUT2D eigenvalue weighted by atomic mass is 14.9. The van der Waals surface area contributed by atoms with E-state index < -0.39 is 13.7 Å². The molecular weight excluding hydrogens is 947 g/mol. The monoisotopic (exact) mass is 1040 g/mol. The minimum Gasteiger partial charge on any atom is -0.201 e. The van der Waals surface area contributed by atoms with Crippen LogP contribution in [0.4, 0.5) is 0 Å². The van der Waals surface area contributed by atoms with Crippen LogP contribution in [-0.4, -0.2) is 0 Å². The van der Waals surface area contributed by atoms with Gasteiger partial charge in [-0.2, -0.15) is 0 Å². The number of aryl methyl sites for hydroxylation is 16. The molecule has 78 heavy (non-hydrogen) atoms. The third-order valence-electron chi connectivity index (χ3n) is 14.8. The molecule has 0 saturated carbocycles. The minimum atomic E-state index is -2.06. The second-order valence-electron chi connectivity index (χ2n) is 20.7. The van der Waals surface area contributed by atoms with Gasteiger partial charge in [0.25, 0.3) is 0 Å². The Hall–Kier alpha value is -8.15. The highest BCUT2D eigenvalue weighted by molar-refractivity contribution is 5.66. The van der Waals surface area contributed by atoms with Gasteiger partial charge in [-0.05, 0) is 188 Å². The van der Waals surface area contributed by atoms with Crippen LogP contribution in [0.3, 0.4) is 0 Å². The Morgan fingerprint density at radius 3 is 1.06 bits per heavy atom. The van der Waals surface area contributed by atoms with E-state index in [1.807, 2.05) is 67.4 Å². The zero-order chi connectivity index (χ0) is 61.8. The highest BCUT2D eigenvalue weighted by Crippen LogP contribution is 2.26. The van der Waals surface area contributed by atoms with Crippen LogP contribution in [-0.2, 0) is 35.2 Å². The number of rotatable bonds is 5. The second-order valence-corrected chi connectivity index (χ2v) is 20.7. The van der Waals surface area contributed by atoms with Crippen molar-refractivity contribution in [2.45, 2.75) is 89.9 Å². The van der Waals surface area contributed by atoms with E-state index in [-0.39, 0.29) is 0 Å². The predicted octanol–water partition coefficient (Wildman–Crippen LogP) is 14.9. The van der Waals surface area contributed by atoms with Crippen LogP contribution in [0.15, 0.2) is 195 Å². The van der Waals surface area contributed by atoms with Crippen LogP contribution in [0.5, 0.6) is 0 Å². The molecule has 0 spiro atoms. The fourth-order valence-corrected chi connectivity index (χ4v) is 9.68. The van der Waals surface area contributed by atoms with Gasteiger partial charge in [0.05, 0.1) is 0 Å². The number of benzene rings is 5. The largest absolute Gasteiger partial charge is 0.215 e. The van der Waals surface area contributed by atoms with Crippen LogP contribution >= 0.6 is 0 Å². The van der Waals surface area contributed by atoms with Crippen molar-refractivity contribution in [1.29, 1.82) is 0 Å². The molecule has 0 fully saturated rings. The first-order chi connectivity index (χ1) is 39.6. The van der Waals surface area contributed by atoms with Crippen molar-refractivity contribution in [1.82, 2.24) is 0 Å². The summed E-state index contributed by atoms with van der Waals surface area (Å²) in [5.74, 6) is 0. The summed E-state index contributed by atoms with van der Waals surface area (Å²) in [5.41, 5.74) is 26.5. The second kappa shape index (κ2) is 27.2. The standard InChI is InChI=1S/3C15H18N.2C14H16N/c1-11-9-13(3)15(16(4)10-11)14-8-6-5-7-12(14)2;2*1-11-7-5-6-8-14(11)15-9-12(2)13(3)10-16(15)4;2*1-11-7-6-8-13(12(11)2)14-9-4-5-10-15(14)3/h3*5-10H,1-4H3;2*4-10H,1-3H3/q5*+1/i1D3;3D3;;;. The lowest BCUT2D eigenvalue weighted by molar-refractivity contribution is -0.661. The molecule has 5 aromatic heterocycles. The van der Waals surface area contributed by atoms with Crippen molar-refractivity contribution in [2.24, 2.45) is 35.2 Å². The minimum absolute atomic E-state index is 0.379. The first kappa shape index (κ1) is 50.7. The molecule has 0 aliphatic carbocycles.